The van der Waals surface area contributed by atoms with Crippen LogP contribution in [0, 0.1) is 0 Å². The molecule has 4 unspecified atom stereocenters. The molecule has 1 aromatic heterocycles. The molecule has 0 saturated heterocycles. The Bertz CT molecular complexity index is 1370. The topological polar surface area (TPSA) is 311 Å². The number of primary amides is 1. The van der Waals surface area contributed by atoms with Crippen molar-refractivity contribution in [2.24, 2.45) is 27.9 Å². The third-order valence-electron chi connectivity index (χ3n) is 6.61. The number of guanidine groups is 1. The molecule has 1 heterocycles. The molecule has 44 heavy (non-hydrogen) atoms. The number of para-hydroxylation sites is 1. The zero-order valence-electron chi connectivity index (χ0n) is 24.0. The summed E-state index contributed by atoms with van der Waals surface area (Å²) in [5.74, 6) is -5.98. The van der Waals surface area contributed by atoms with Crippen LogP contribution in [0.4, 0.5) is 0 Å². The predicted molar refractivity (Wildman–Crippen MR) is 159 cm³/mol. The highest BCUT2D eigenvalue weighted by Gasteiger charge is 2.31. The monoisotopic (exact) mass is 617 g/mol. The molecule has 0 bridgehead atoms. The van der Waals surface area contributed by atoms with E-state index in [4.69, 9.17) is 22.9 Å². The Labute approximate surface area is 252 Å². The number of benzene rings is 1. The number of H-pyrrole nitrogens is 1. The van der Waals surface area contributed by atoms with Crippen LogP contribution in [0.25, 0.3) is 10.9 Å². The smallest absolute Gasteiger partial charge is 0.326 e. The van der Waals surface area contributed by atoms with Crippen molar-refractivity contribution < 1.29 is 39.0 Å². The van der Waals surface area contributed by atoms with Crippen molar-refractivity contribution in [2.45, 2.75) is 69.1 Å². The van der Waals surface area contributed by atoms with Gasteiger partial charge in [0, 0.05) is 42.9 Å². The molecule has 1 aromatic carbocycles. The number of carboxylic acid groups (broad SMARTS) is 2. The number of hydrogen-bond acceptors (Lipinski definition) is 8. The second-order valence-electron chi connectivity index (χ2n) is 10.1. The van der Waals surface area contributed by atoms with Crippen LogP contribution in [-0.4, -0.2) is 87.4 Å². The third kappa shape index (κ3) is 11.6. The number of aromatic amines is 1. The minimum atomic E-state index is -1.42. The molecule has 0 aliphatic carbocycles. The quantitative estimate of drug-likeness (QED) is 0.0456. The van der Waals surface area contributed by atoms with Crippen molar-refractivity contribution in [3.05, 3.63) is 36.0 Å². The maximum absolute atomic E-state index is 13.5. The SMILES string of the molecule is NC(=O)CCC(N)C(=O)NC(CCC(=O)O)C(=O)NC(Cc1c[nH]c2ccccc12)C(=O)NC(CCCN=C(N)N)C(=O)O. The highest BCUT2D eigenvalue weighted by Crippen LogP contribution is 2.19. The number of nitrogens with zero attached hydrogens (tertiary/aromatic N) is 1. The minimum absolute atomic E-state index is 0.0217. The Morgan fingerprint density at radius 2 is 1.45 bits per heavy atom. The summed E-state index contributed by atoms with van der Waals surface area (Å²) >= 11 is 0. The first-order chi connectivity index (χ1) is 20.8. The zero-order chi connectivity index (χ0) is 32.8. The summed E-state index contributed by atoms with van der Waals surface area (Å²) in [5.41, 5.74) is 22.9. The van der Waals surface area contributed by atoms with Crippen LogP contribution >= 0.6 is 0 Å². The molecule has 4 atom stereocenters. The number of rotatable bonds is 19. The molecule has 0 spiro atoms. The summed E-state index contributed by atoms with van der Waals surface area (Å²) in [5, 5.41) is 27.0. The number of carboxylic acids is 2. The van der Waals surface area contributed by atoms with E-state index in [0.29, 0.717) is 5.56 Å². The molecule has 14 N–H and O–H groups in total. The van der Waals surface area contributed by atoms with E-state index >= 15 is 0 Å². The van der Waals surface area contributed by atoms with Gasteiger partial charge in [0.25, 0.3) is 0 Å². The van der Waals surface area contributed by atoms with Crippen LogP contribution in [0.15, 0.2) is 35.5 Å². The standard InChI is InChI=1S/C27H39N9O8/c28-16(7-9-21(29)37)23(40)34-18(8-10-22(38)39)24(41)36-20(12-14-13-33-17-5-2-1-4-15(14)17)25(42)35-19(26(43)44)6-3-11-32-27(30)31/h1-2,4-5,13,16,18-20,33H,3,6-12,28H2,(H2,29,37)(H,34,40)(H,35,42)(H,36,41)(H,38,39)(H,43,44)(H4,30,31,32). The number of nitrogens with two attached hydrogens (primary N) is 4. The first-order valence-electron chi connectivity index (χ1n) is 13.8. The van der Waals surface area contributed by atoms with E-state index in [1.807, 2.05) is 6.07 Å². The van der Waals surface area contributed by atoms with Gasteiger partial charge < -0.3 is 54.1 Å². The van der Waals surface area contributed by atoms with Crippen molar-refractivity contribution in [3.63, 3.8) is 0 Å². The van der Waals surface area contributed by atoms with Crippen molar-refractivity contribution in [3.8, 4) is 0 Å². The Morgan fingerprint density at radius 3 is 2.09 bits per heavy atom. The number of aliphatic carboxylic acids is 2. The molecule has 0 saturated carbocycles. The number of amides is 4. The molecule has 17 nitrogen and oxygen atoms in total. The summed E-state index contributed by atoms with van der Waals surface area (Å²) in [7, 11) is 0. The van der Waals surface area contributed by atoms with E-state index in [9.17, 15) is 39.0 Å². The van der Waals surface area contributed by atoms with Crippen LogP contribution < -0.4 is 38.9 Å². The lowest BCUT2D eigenvalue weighted by molar-refractivity contribution is -0.142. The molecule has 0 fully saturated rings. The molecular formula is C27H39N9O8. The van der Waals surface area contributed by atoms with Gasteiger partial charge in [-0.2, -0.15) is 0 Å². The van der Waals surface area contributed by atoms with Crippen molar-refractivity contribution >= 4 is 52.4 Å². The molecule has 2 rings (SSSR count). The van der Waals surface area contributed by atoms with Gasteiger partial charge in [-0.3, -0.25) is 29.0 Å². The van der Waals surface area contributed by atoms with E-state index in [1.54, 1.807) is 24.4 Å². The lowest BCUT2D eigenvalue weighted by atomic mass is 10.0. The van der Waals surface area contributed by atoms with Crippen LogP contribution in [0.1, 0.15) is 44.1 Å². The zero-order valence-corrected chi connectivity index (χ0v) is 24.0. The van der Waals surface area contributed by atoms with E-state index in [2.05, 4.69) is 25.9 Å². The molecule has 240 valence electrons. The first kappa shape index (κ1) is 35.0. The number of aliphatic imine (C=N–C) groups is 1. The van der Waals surface area contributed by atoms with Gasteiger partial charge in [0.05, 0.1) is 6.04 Å². The summed E-state index contributed by atoms with van der Waals surface area (Å²) in [6.07, 6.45) is 0.608. The number of nitrogens with one attached hydrogen (secondary N) is 4. The Morgan fingerprint density at radius 1 is 0.818 bits per heavy atom. The van der Waals surface area contributed by atoms with Gasteiger partial charge in [-0.1, -0.05) is 18.2 Å². The molecule has 17 heteroatoms. The average molecular weight is 618 g/mol. The number of aromatic nitrogens is 1. The minimum Gasteiger partial charge on any atom is -0.481 e. The van der Waals surface area contributed by atoms with Crippen LogP contribution in [0.5, 0.6) is 0 Å². The predicted octanol–water partition coefficient (Wildman–Crippen LogP) is -2.24. The number of carbonyl (C=O) groups excluding carboxylic acids is 4. The third-order valence-corrected chi connectivity index (χ3v) is 6.61. The maximum atomic E-state index is 13.5. The molecule has 0 radical (unpaired) electrons. The highest BCUT2D eigenvalue weighted by atomic mass is 16.4. The van der Waals surface area contributed by atoms with Crippen LogP contribution in [0.3, 0.4) is 0 Å². The molecular weight excluding hydrogens is 578 g/mol. The van der Waals surface area contributed by atoms with Gasteiger partial charge in [0.1, 0.15) is 18.1 Å². The summed E-state index contributed by atoms with van der Waals surface area (Å²) in [4.78, 5) is 80.6. The fourth-order valence-corrected chi connectivity index (χ4v) is 4.28. The van der Waals surface area contributed by atoms with Gasteiger partial charge >= 0.3 is 11.9 Å². The van der Waals surface area contributed by atoms with E-state index in [-0.39, 0.29) is 51.0 Å². The van der Waals surface area contributed by atoms with Crippen molar-refractivity contribution in [1.29, 1.82) is 0 Å². The normalized spacial score (nSPS) is 13.6. The summed E-state index contributed by atoms with van der Waals surface area (Å²) in [6, 6.07) is 1.86. The molecule has 0 aliphatic rings. The second kappa shape index (κ2) is 17.1. The number of fused-ring (bicyclic) bond motifs is 1. The van der Waals surface area contributed by atoms with Gasteiger partial charge in [-0.05, 0) is 37.3 Å². The summed E-state index contributed by atoms with van der Waals surface area (Å²) < 4.78 is 0. The molecule has 0 aliphatic heterocycles. The lowest BCUT2D eigenvalue weighted by Crippen LogP contribution is -2.57. The van der Waals surface area contributed by atoms with Gasteiger partial charge in [-0.15, -0.1) is 0 Å². The van der Waals surface area contributed by atoms with Crippen molar-refractivity contribution in [1.82, 2.24) is 20.9 Å². The average Bonchev–Trinajstić information content (AvgIpc) is 3.37. The van der Waals surface area contributed by atoms with Gasteiger partial charge in [0.15, 0.2) is 5.96 Å². The van der Waals surface area contributed by atoms with Gasteiger partial charge in [-0.25, -0.2) is 4.79 Å². The maximum Gasteiger partial charge on any atom is 0.326 e. The Hall–Kier alpha value is -5.19. The van der Waals surface area contributed by atoms with E-state index in [0.717, 1.165) is 10.9 Å². The van der Waals surface area contributed by atoms with Crippen LogP contribution in [-0.2, 0) is 35.2 Å². The highest BCUT2D eigenvalue weighted by molar-refractivity contribution is 5.95. The number of hydrogen-bond donors (Lipinski definition) is 10. The fraction of sp³-hybridized carbons (Fsp3) is 0.444. The molecule has 4 amide bonds. The van der Waals surface area contributed by atoms with E-state index in [1.165, 1.54) is 0 Å². The fourth-order valence-electron chi connectivity index (χ4n) is 4.28. The van der Waals surface area contributed by atoms with E-state index < -0.39 is 66.2 Å². The largest absolute Gasteiger partial charge is 0.481 e. The Balaban J connectivity index is 2.30. The van der Waals surface area contributed by atoms with Gasteiger partial charge in [0.2, 0.25) is 23.6 Å². The van der Waals surface area contributed by atoms with Crippen LogP contribution in [0.2, 0.25) is 0 Å². The molecule has 2 aromatic rings. The van der Waals surface area contributed by atoms with Crippen molar-refractivity contribution in [2.75, 3.05) is 6.54 Å². The first-order valence-corrected chi connectivity index (χ1v) is 13.8. The lowest BCUT2D eigenvalue weighted by Gasteiger charge is -2.25. The summed E-state index contributed by atoms with van der Waals surface area (Å²) in [6.45, 7) is 0.129. The second-order valence-corrected chi connectivity index (χ2v) is 10.1. The Kier molecular flexibility index (Phi) is 13.6. The number of carbonyl (C=O) groups is 6.